The maximum absolute atomic E-state index is 6.09. The van der Waals surface area contributed by atoms with Gasteiger partial charge in [0.2, 0.25) is 0 Å². The highest BCUT2D eigenvalue weighted by atomic mass is 127. The average molecular weight is 420 g/mol. The second kappa shape index (κ2) is 8.63. The van der Waals surface area contributed by atoms with Gasteiger partial charge in [-0.1, -0.05) is 29.8 Å². The summed E-state index contributed by atoms with van der Waals surface area (Å²) in [6.45, 7) is 8.14. The molecule has 3 nitrogen and oxygen atoms in total. The van der Waals surface area contributed by atoms with Crippen molar-refractivity contribution in [1.82, 2.24) is 10.6 Å². The molecule has 1 aliphatic carbocycles. The standard InChI is InChI=1S/C16H22ClN3.HI/c1-3-10-19-15(18-4-2)20-12-16(8-9-16)13-6-5-7-14(17)11-13;/h3,5-7,11H,1,4,8-10,12H2,2H3,(H2,18,19,20);1H. The molecule has 1 saturated carbocycles. The van der Waals surface area contributed by atoms with Gasteiger partial charge in [0.05, 0.1) is 6.54 Å². The van der Waals surface area contributed by atoms with Crippen molar-refractivity contribution in [3.8, 4) is 0 Å². The molecule has 5 heteroatoms. The van der Waals surface area contributed by atoms with E-state index in [1.165, 1.54) is 18.4 Å². The van der Waals surface area contributed by atoms with Crippen LogP contribution in [0.2, 0.25) is 5.02 Å². The molecule has 0 saturated heterocycles. The second-order valence-electron chi connectivity index (χ2n) is 5.16. The van der Waals surface area contributed by atoms with Crippen molar-refractivity contribution in [3.63, 3.8) is 0 Å². The molecule has 21 heavy (non-hydrogen) atoms. The van der Waals surface area contributed by atoms with Crippen molar-refractivity contribution >= 4 is 41.5 Å². The molecule has 0 aliphatic heterocycles. The van der Waals surface area contributed by atoms with Gasteiger partial charge in [-0.05, 0) is 37.5 Å². The Labute approximate surface area is 149 Å². The van der Waals surface area contributed by atoms with Crippen LogP contribution >= 0.6 is 35.6 Å². The summed E-state index contributed by atoms with van der Waals surface area (Å²) >= 11 is 6.09. The van der Waals surface area contributed by atoms with Gasteiger partial charge in [0.15, 0.2) is 5.96 Å². The lowest BCUT2D eigenvalue weighted by atomic mass is 9.96. The summed E-state index contributed by atoms with van der Waals surface area (Å²) in [5.74, 6) is 0.848. The Hall–Kier alpha value is -0.750. The lowest BCUT2D eigenvalue weighted by Crippen LogP contribution is -2.38. The molecule has 1 aromatic carbocycles. The molecule has 0 amide bonds. The second-order valence-corrected chi connectivity index (χ2v) is 5.59. The molecule has 0 radical (unpaired) electrons. The molecule has 2 rings (SSSR count). The quantitative estimate of drug-likeness (QED) is 0.319. The summed E-state index contributed by atoms with van der Waals surface area (Å²) in [5, 5.41) is 7.27. The highest BCUT2D eigenvalue weighted by molar-refractivity contribution is 14.0. The molecule has 1 fully saturated rings. The Morgan fingerprint density at radius 3 is 2.76 bits per heavy atom. The van der Waals surface area contributed by atoms with Gasteiger partial charge in [-0.3, -0.25) is 4.99 Å². The van der Waals surface area contributed by atoms with Crippen molar-refractivity contribution in [2.24, 2.45) is 4.99 Å². The van der Waals surface area contributed by atoms with Crippen LogP contribution in [0.5, 0.6) is 0 Å². The van der Waals surface area contributed by atoms with Gasteiger partial charge < -0.3 is 10.6 Å². The molecule has 0 aromatic heterocycles. The predicted molar refractivity (Wildman–Crippen MR) is 102 cm³/mol. The number of nitrogens with one attached hydrogen (secondary N) is 2. The van der Waals surface area contributed by atoms with Crippen molar-refractivity contribution in [2.75, 3.05) is 19.6 Å². The van der Waals surface area contributed by atoms with E-state index in [0.29, 0.717) is 0 Å². The van der Waals surface area contributed by atoms with Crippen LogP contribution in [-0.4, -0.2) is 25.6 Å². The zero-order valence-corrected chi connectivity index (χ0v) is 15.4. The molecule has 0 spiro atoms. The Bertz CT molecular complexity index is 498. The molecule has 0 heterocycles. The SMILES string of the molecule is C=CCNC(=NCC1(c2cccc(Cl)c2)CC1)NCC.I. The van der Waals surface area contributed by atoms with E-state index in [1.54, 1.807) is 0 Å². The van der Waals surface area contributed by atoms with E-state index in [9.17, 15) is 0 Å². The minimum absolute atomic E-state index is 0. The van der Waals surface area contributed by atoms with Crippen molar-refractivity contribution in [1.29, 1.82) is 0 Å². The minimum Gasteiger partial charge on any atom is -0.357 e. The highest BCUT2D eigenvalue weighted by Crippen LogP contribution is 2.48. The first-order chi connectivity index (χ1) is 9.70. The molecule has 2 N–H and O–H groups in total. The van der Waals surface area contributed by atoms with Crippen LogP contribution in [0.3, 0.4) is 0 Å². The Balaban J connectivity index is 0.00000220. The first-order valence-corrected chi connectivity index (χ1v) is 7.47. The topological polar surface area (TPSA) is 36.4 Å². The Kier molecular flexibility index (Phi) is 7.52. The normalized spacial score (nSPS) is 15.8. The van der Waals surface area contributed by atoms with Crippen LogP contribution < -0.4 is 10.6 Å². The van der Waals surface area contributed by atoms with E-state index in [2.05, 4.69) is 36.3 Å². The van der Waals surface area contributed by atoms with Gasteiger partial charge in [0, 0.05) is 23.5 Å². The van der Waals surface area contributed by atoms with Gasteiger partial charge in [-0.2, -0.15) is 0 Å². The summed E-state index contributed by atoms with van der Waals surface area (Å²) in [7, 11) is 0. The van der Waals surface area contributed by atoms with E-state index < -0.39 is 0 Å². The highest BCUT2D eigenvalue weighted by Gasteiger charge is 2.44. The third-order valence-corrected chi connectivity index (χ3v) is 3.82. The molecule has 0 atom stereocenters. The number of nitrogens with zero attached hydrogens (tertiary/aromatic N) is 1. The van der Waals surface area contributed by atoms with Crippen molar-refractivity contribution in [2.45, 2.75) is 25.2 Å². The monoisotopic (exact) mass is 419 g/mol. The summed E-state index contributed by atoms with van der Waals surface area (Å²) in [5.41, 5.74) is 1.48. The fourth-order valence-electron chi connectivity index (χ4n) is 2.25. The maximum Gasteiger partial charge on any atom is 0.191 e. The lowest BCUT2D eigenvalue weighted by Gasteiger charge is -2.15. The molecule has 1 aromatic rings. The number of aliphatic imine (C=N–C) groups is 1. The number of guanidine groups is 1. The van der Waals surface area contributed by atoms with Crippen LogP contribution in [0.25, 0.3) is 0 Å². The first-order valence-electron chi connectivity index (χ1n) is 7.09. The first kappa shape index (κ1) is 18.3. The van der Waals surface area contributed by atoms with E-state index in [1.807, 2.05) is 18.2 Å². The van der Waals surface area contributed by atoms with Crippen LogP contribution in [0.4, 0.5) is 0 Å². The molecular weight excluding hydrogens is 397 g/mol. The largest absolute Gasteiger partial charge is 0.357 e. The fourth-order valence-corrected chi connectivity index (χ4v) is 2.44. The van der Waals surface area contributed by atoms with Gasteiger partial charge >= 0.3 is 0 Å². The lowest BCUT2D eigenvalue weighted by molar-refractivity contribution is 0.696. The summed E-state index contributed by atoms with van der Waals surface area (Å²) < 4.78 is 0. The van der Waals surface area contributed by atoms with Gasteiger partial charge in [-0.25, -0.2) is 0 Å². The van der Waals surface area contributed by atoms with E-state index in [4.69, 9.17) is 16.6 Å². The average Bonchev–Trinajstić information content (AvgIpc) is 3.23. The molecule has 0 bridgehead atoms. The Morgan fingerprint density at radius 1 is 1.43 bits per heavy atom. The summed E-state index contributed by atoms with van der Waals surface area (Å²) in [6.07, 6.45) is 4.19. The number of benzene rings is 1. The number of halogens is 2. The fraction of sp³-hybridized carbons (Fsp3) is 0.438. The summed E-state index contributed by atoms with van der Waals surface area (Å²) in [4.78, 5) is 4.69. The van der Waals surface area contributed by atoms with Crippen LogP contribution in [0.1, 0.15) is 25.3 Å². The van der Waals surface area contributed by atoms with E-state index >= 15 is 0 Å². The van der Waals surface area contributed by atoms with E-state index in [0.717, 1.165) is 30.6 Å². The zero-order valence-electron chi connectivity index (χ0n) is 12.4. The number of rotatable bonds is 6. The van der Waals surface area contributed by atoms with Crippen LogP contribution in [0.15, 0.2) is 41.9 Å². The van der Waals surface area contributed by atoms with Crippen molar-refractivity contribution in [3.05, 3.63) is 47.5 Å². The third-order valence-electron chi connectivity index (χ3n) is 3.59. The van der Waals surface area contributed by atoms with Crippen LogP contribution in [0, 0.1) is 0 Å². The van der Waals surface area contributed by atoms with E-state index in [-0.39, 0.29) is 29.4 Å². The Morgan fingerprint density at radius 2 is 2.19 bits per heavy atom. The van der Waals surface area contributed by atoms with Gasteiger partial charge in [0.1, 0.15) is 0 Å². The van der Waals surface area contributed by atoms with Crippen LogP contribution in [-0.2, 0) is 5.41 Å². The molecule has 116 valence electrons. The summed E-state index contributed by atoms with van der Waals surface area (Å²) in [6, 6.07) is 8.15. The third kappa shape index (κ3) is 5.18. The minimum atomic E-state index is 0. The maximum atomic E-state index is 6.09. The number of hydrogen-bond donors (Lipinski definition) is 2. The molecular formula is C16H23ClIN3. The van der Waals surface area contributed by atoms with Crippen molar-refractivity contribution < 1.29 is 0 Å². The molecule has 0 unspecified atom stereocenters. The zero-order chi connectivity index (χ0) is 14.4. The molecule has 1 aliphatic rings. The predicted octanol–water partition coefficient (Wildman–Crippen LogP) is 3.73. The van der Waals surface area contributed by atoms with Gasteiger partial charge in [-0.15, -0.1) is 30.6 Å². The van der Waals surface area contributed by atoms with Gasteiger partial charge in [0.25, 0.3) is 0 Å². The smallest absolute Gasteiger partial charge is 0.191 e. The number of hydrogen-bond acceptors (Lipinski definition) is 1.